The summed E-state index contributed by atoms with van der Waals surface area (Å²) < 4.78 is 4.92. The quantitative estimate of drug-likeness (QED) is 0.751. The van der Waals surface area contributed by atoms with Gasteiger partial charge in [0.05, 0.1) is 5.60 Å². The second-order valence-corrected chi connectivity index (χ2v) is 4.33. The number of nitrogens with zero attached hydrogens (tertiary/aromatic N) is 1. The second-order valence-electron chi connectivity index (χ2n) is 3.94. The van der Waals surface area contributed by atoms with Gasteiger partial charge in [0, 0.05) is 26.7 Å². The van der Waals surface area contributed by atoms with Crippen molar-refractivity contribution in [1.29, 1.82) is 0 Å². The highest BCUT2D eigenvalue weighted by Gasteiger charge is 2.19. The molecule has 0 saturated heterocycles. The fourth-order valence-electron chi connectivity index (χ4n) is 1.20. The van der Waals surface area contributed by atoms with Crippen LogP contribution in [0.5, 0.6) is 0 Å². The Kier molecular flexibility index (Phi) is 4.99. The van der Waals surface area contributed by atoms with E-state index in [1.54, 1.807) is 26.2 Å². The van der Waals surface area contributed by atoms with Crippen molar-refractivity contribution in [3.05, 3.63) is 23.4 Å². The molecule has 4 nitrogen and oxygen atoms in total. The summed E-state index contributed by atoms with van der Waals surface area (Å²) in [6, 6.07) is 5.32. The van der Waals surface area contributed by atoms with Gasteiger partial charge in [0.25, 0.3) is 0 Å². The van der Waals surface area contributed by atoms with Crippen LogP contribution in [0.4, 0.5) is 5.82 Å². The van der Waals surface area contributed by atoms with E-state index in [0.717, 1.165) is 0 Å². The maximum atomic E-state index is 9.97. The summed E-state index contributed by atoms with van der Waals surface area (Å²) in [6.07, 6.45) is 0.567. The van der Waals surface area contributed by atoms with Gasteiger partial charge >= 0.3 is 0 Å². The first-order chi connectivity index (χ1) is 7.53. The van der Waals surface area contributed by atoms with Crippen LogP contribution in [0.15, 0.2) is 18.2 Å². The number of rotatable bonds is 6. The van der Waals surface area contributed by atoms with Gasteiger partial charge in [0.1, 0.15) is 11.0 Å². The maximum absolute atomic E-state index is 9.97. The molecule has 0 amide bonds. The van der Waals surface area contributed by atoms with Crippen molar-refractivity contribution in [2.45, 2.75) is 18.9 Å². The molecule has 0 aromatic carbocycles. The molecule has 0 aliphatic heterocycles. The number of aliphatic hydroxyl groups is 1. The van der Waals surface area contributed by atoms with Crippen LogP contribution in [0.3, 0.4) is 0 Å². The summed E-state index contributed by atoms with van der Waals surface area (Å²) in [5.74, 6) is 0.658. The predicted molar refractivity (Wildman–Crippen MR) is 64.9 cm³/mol. The highest BCUT2D eigenvalue weighted by atomic mass is 35.5. The molecule has 1 atom stereocenters. The number of pyridine rings is 1. The number of anilines is 1. The zero-order valence-electron chi connectivity index (χ0n) is 9.53. The molecular weight excluding hydrogens is 228 g/mol. The Morgan fingerprint density at radius 1 is 1.56 bits per heavy atom. The van der Waals surface area contributed by atoms with Crippen LogP contribution in [0, 0.1) is 0 Å². The molecule has 2 N–H and O–H groups in total. The number of halogens is 1. The second kappa shape index (κ2) is 6.03. The smallest absolute Gasteiger partial charge is 0.131 e. The Morgan fingerprint density at radius 3 is 2.94 bits per heavy atom. The molecule has 16 heavy (non-hydrogen) atoms. The van der Waals surface area contributed by atoms with E-state index in [1.165, 1.54) is 0 Å². The molecule has 0 radical (unpaired) electrons. The van der Waals surface area contributed by atoms with Crippen molar-refractivity contribution in [3.8, 4) is 0 Å². The molecule has 5 heteroatoms. The lowest BCUT2D eigenvalue weighted by Crippen LogP contribution is -2.34. The van der Waals surface area contributed by atoms with Gasteiger partial charge in [-0.15, -0.1) is 0 Å². The molecule has 1 aromatic rings. The average molecular weight is 245 g/mol. The molecule has 0 aliphatic carbocycles. The van der Waals surface area contributed by atoms with Crippen LogP contribution in [0.25, 0.3) is 0 Å². The zero-order chi connectivity index (χ0) is 12.0. The van der Waals surface area contributed by atoms with E-state index in [9.17, 15) is 5.11 Å². The molecule has 0 saturated carbocycles. The van der Waals surface area contributed by atoms with Gasteiger partial charge in [0.2, 0.25) is 0 Å². The van der Waals surface area contributed by atoms with Crippen molar-refractivity contribution in [2.24, 2.45) is 0 Å². The molecule has 1 unspecified atom stereocenters. The van der Waals surface area contributed by atoms with Crippen LogP contribution >= 0.6 is 11.6 Å². The number of hydrogen-bond acceptors (Lipinski definition) is 4. The fourth-order valence-corrected chi connectivity index (χ4v) is 1.36. The van der Waals surface area contributed by atoms with E-state index >= 15 is 0 Å². The molecule has 1 rings (SSSR count). The van der Waals surface area contributed by atoms with Crippen LogP contribution < -0.4 is 5.32 Å². The monoisotopic (exact) mass is 244 g/mol. The highest BCUT2D eigenvalue weighted by molar-refractivity contribution is 6.29. The summed E-state index contributed by atoms with van der Waals surface area (Å²) in [5, 5.41) is 13.4. The SMILES string of the molecule is COCCC(C)(O)CNc1cccc(Cl)n1. The van der Waals surface area contributed by atoms with Crippen molar-refractivity contribution < 1.29 is 9.84 Å². The van der Waals surface area contributed by atoms with Gasteiger partial charge in [-0.2, -0.15) is 0 Å². The normalized spacial score (nSPS) is 14.5. The third-order valence-corrected chi connectivity index (χ3v) is 2.42. The average Bonchev–Trinajstić information content (AvgIpc) is 2.24. The lowest BCUT2D eigenvalue weighted by Gasteiger charge is -2.23. The molecule has 90 valence electrons. The van der Waals surface area contributed by atoms with E-state index < -0.39 is 5.60 Å². The first-order valence-electron chi connectivity index (χ1n) is 5.11. The first-order valence-corrected chi connectivity index (χ1v) is 5.49. The topological polar surface area (TPSA) is 54.4 Å². The summed E-state index contributed by atoms with van der Waals surface area (Å²) >= 11 is 5.74. The van der Waals surface area contributed by atoms with Crippen molar-refractivity contribution >= 4 is 17.4 Å². The van der Waals surface area contributed by atoms with Crippen LogP contribution in [0.1, 0.15) is 13.3 Å². The van der Waals surface area contributed by atoms with Crippen molar-refractivity contribution in [3.63, 3.8) is 0 Å². The lowest BCUT2D eigenvalue weighted by molar-refractivity contribution is 0.0357. The Labute approximate surface area is 101 Å². The molecule has 0 aliphatic rings. The predicted octanol–water partition coefficient (Wildman–Crippen LogP) is 1.93. The standard InChI is InChI=1S/C11H17ClN2O2/c1-11(15,6-7-16-2)8-13-10-5-3-4-9(12)14-10/h3-5,15H,6-8H2,1-2H3,(H,13,14). The first kappa shape index (κ1) is 13.2. The third-order valence-electron chi connectivity index (χ3n) is 2.21. The minimum atomic E-state index is -0.819. The van der Waals surface area contributed by atoms with E-state index in [1.807, 2.05) is 6.07 Å². The zero-order valence-corrected chi connectivity index (χ0v) is 10.3. The van der Waals surface area contributed by atoms with Crippen molar-refractivity contribution in [1.82, 2.24) is 4.98 Å². The Morgan fingerprint density at radius 2 is 2.31 bits per heavy atom. The molecule has 0 fully saturated rings. The van der Waals surface area contributed by atoms with Gasteiger partial charge in [-0.05, 0) is 19.1 Å². The molecular formula is C11H17ClN2O2. The Bertz CT molecular complexity index is 332. The van der Waals surface area contributed by atoms with E-state index in [0.29, 0.717) is 30.5 Å². The number of nitrogens with one attached hydrogen (secondary N) is 1. The maximum Gasteiger partial charge on any atom is 0.131 e. The highest BCUT2D eigenvalue weighted by Crippen LogP contribution is 2.13. The number of hydrogen-bond donors (Lipinski definition) is 2. The van der Waals surface area contributed by atoms with E-state index in [2.05, 4.69) is 10.3 Å². The molecule has 0 bridgehead atoms. The van der Waals surface area contributed by atoms with Gasteiger partial charge in [-0.1, -0.05) is 17.7 Å². The van der Waals surface area contributed by atoms with Gasteiger partial charge in [0.15, 0.2) is 0 Å². The Hall–Kier alpha value is -0.840. The lowest BCUT2D eigenvalue weighted by atomic mass is 10.0. The van der Waals surface area contributed by atoms with Gasteiger partial charge in [-0.25, -0.2) is 4.98 Å². The summed E-state index contributed by atoms with van der Waals surface area (Å²) in [4.78, 5) is 4.07. The number of methoxy groups -OCH3 is 1. The third kappa shape index (κ3) is 4.79. The van der Waals surface area contributed by atoms with Gasteiger partial charge in [-0.3, -0.25) is 0 Å². The minimum Gasteiger partial charge on any atom is -0.388 e. The summed E-state index contributed by atoms with van der Waals surface area (Å²) in [6.45, 7) is 2.69. The van der Waals surface area contributed by atoms with E-state index in [-0.39, 0.29) is 0 Å². The minimum absolute atomic E-state index is 0.406. The van der Waals surface area contributed by atoms with Crippen molar-refractivity contribution in [2.75, 3.05) is 25.6 Å². The van der Waals surface area contributed by atoms with Crippen LogP contribution in [-0.4, -0.2) is 36.0 Å². The van der Waals surface area contributed by atoms with Gasteiger partial charge < -0.3 is 15.2 Å². The van der Waals surface area contributed by atoms with Crippen LogP contribution in [0.2, 0.25) is 5.15 Å². The number of ether oxygens (including phenoxy) is 1. The summed E-state index contributed by atoms with van der Waals surface area (Å²) in [7, 11) is 1.61. The van der Waals surface area contributed by atoms with Crippen LogP contribution in [-0.2, 0) is 4.74 Å². The van der Waals surface area contributed by atoms with E-state index in [4.69, 9.17) is 16.3 Å². The number of aromatic nitrogens is 1. The Balaban J connectivity index is 2.44. The fraction of sp³-hybridized carbons (Fsp3) is 0.545. The molecule has 1 heterocycles. The summed E-state index contributed by atoms with van der Waals surface area (Å²) in [5.41, 5.74) is -0.819. The molecule has 1 aromatic heterocycles. The molecule has 0 spiro atoms. The largest absolute Gasteiger partial charge is 0.388 e.